The number of carbonyl (C=O) groups is 1. The Morgan fingerprint density at radius 3 is 2.63 bits per heavy atom. The molecule has 1 aliphatic carbocycles. The molecule has 30 heavy (non-hydrogen) atoms. The molecule has 1 heterocycles. The van der Waals surface area contributed by atoms with Crippen LogP contribution in [0.5, 0.6) is 11.5 Å². The van der Waals surface area contributed by atoms with Gasteiger partial charge in [-0.25, -0.2) is 4.39 Å². The molecule has 1 amide bonds. The van der Waals surface area contributed by atoms with E-state index in [-0.39, 0.29) is 35.5 Å². The van der Waals surface area contributed by atoms with E-state index in [0.29, 0.717) is 17.1 Å². The molecule has 2 aromatic carbocycles. The topological polar surface area (TPSA) is 59.6 Å². The second kappa shape index (κ2) is 9.23. The van der Waals surface area contributed by atoms with E-state index in [1.165, 1.54) is 12.1 Å². The SMILES string of the molecule is COc1cccc(C(NC(=O)C2CC23CCNCC3)c2cc(F)ccc2OC)c1.Cl. The van der Waals surface area contributed by atoms with Crippen LogP contribution in [-0.2, 0) is 4.79 Å². The quantitative estimate of drug-likeness (QED) is 0.724. The predicted octanol–water partition coefficient (Wildman–Crippen LogP) is 3.86. The number of benzene rings is 2. The van der Waals surface area contributed by atoms with Crippen molar-refractivity contribution in [3.63, 3.8) is 0 Å². The van der Waals surface area contributed by atoms with E-state index in [1.54, 1.807) is 20.3 Å². The minimum absolute atomic E-state index is 0. The number of piperidine rings is 1. The fraction of sp³-hybridized carbons (Fsp3) is 0.435. The van der Waals surface area contributed by atoms with Crippen LogP contribution in [0.2, 0.25) is 0 Å². The summed E-state index contributed by atoms with van der Waals surface area (Å²) in [4.78, 5) is 13.2. The molecule has 1 saturated carbocycles. The van der Waals surface area contributed by atoms with Gasteiger partial charge in [0.2, 0.25) is 5.91 Å². The van der Waals surface area contributed by atoms with Crippen LogP contribution in [0.3, 0.4) is 0 Å². The molecule has 0 radical (unpaired) electrons. The summed E-state index contributed by atoms with van der Waals surface area (Å²) in [6.45, 7) is 1.92. The van der Waals surface area contributed by atoms with Crippen molar-refractivity contribution in [2.45, 2.75) is 25.3 Å². The lowest BCUT2D eigenvalue weighted by molar-refractivity contribution is -0.123. The summed E-state index contributed by atoms with van der Waals surface area (Å²) < 4.78 is 24.9. The lowest BCUT2D eigenvalue weighted by Crippen LogP contribution is -2.35. The van der Waals surface area contributed by atoms with Crippen LogP contribution in [0.1, 0.15) is 36.4 Å². The van der Waals surface area contributed by atoms with Crippen LogP contribution in [-0.4, -0.2) is 33.2 Å². The third kappa shape index (κ3) is 4.40. The summed E-state index contributed by atoms with van der Waals surface area (Å²) in [5.41, 5.74) is 1.54. The zero-order chi connectivity index (χ0) is 20.4. The Morgan fingerprint density at radius 2 is 1.93 bits per heavy atom. The zero-order valence-electron chi connectivity index (χ0n) is 17.2. The van der Waals surface area contributed by atoms with E-state index in [1.807, 2.05) is 24.3 Å². The molecule has 2 aromatic rings. The number of halogens is 2. The average molecular weight is 435 g/mol. The largest absolute Gasteiger partial charge is 0.497 e. The van der Waals surface area contributed by atoms with Crippen LogP contribution in [0.4, 0.5) is 4.39 Å². The highest BCUT2D eigenvalue weighted by atomic mass is 35.5. The van der Waals surface area contributed by atoms with Gasteiger partial charge < -0.3 is 20.1 Å². The lowest BCUT2D eigenvalue weighted by atomic mass is 9.91. The van der Waals surface area contributed by atoms with Crippen molar-refractivity contribution >= 4 is 18.3 Å². The molecule has 0 aromatic heterocycles. The summed E-state index contributed by atoms with van der Waals surface area (Å²) in [6.07, 6.45) is 2.97. The second-order valence-corrected chi connectivity index (χ2v) is 7.97. The normalized spacial score (nSPS) is 20.0. The molecule has 1 saturated heterocycles. The molecule has 0 bridgehead atoms. The van der Waals surface area contributed by atoms with Gasteiger partial charge in [0, 0.05) is 11.5 Å². The van der Waals surface area contributed by atoms with Gasteiger partial charge >= 0.3 is 0 Å². The molecule has 2 atom stereocenters. The van der Waals surface area contributed by atoms with Crippen molar-refractivity contribution < 1.29 is 18.7 Å². The average Bonchev–Trinajstić information content (AvgIpc) is 3.45. The molecule has 1 spiro atoms. The first kappa shape index (κ1) is 22.4. The van der Waals surface area contributed by atoms with Crippen molar-refractivity contribution in [2.75, 3.05) is 27.3 Å². The van der Waals surface area contributed by atoms with Crippen molar-refractivity contribution in [1.29, 1.82) is 0 Å². The Hall–Kier alpha value is -2.31. The highest BCUT2D eigenvalue weighted by Gasteiger charge is 2.57. The van der Waals surface area contributed by atoms with Gasteiger partial charge in [0.1, 0.15) is 17.3 Å². The Balaban J connectivity index is 0.00000256. The van der Waals surface area contributed by atoms with Gasteiger partial charge in [0.15, 0.2) is 0 Å². The van der Waals surface area contributed by atoms with Gasteiger partial charge in [0.05, 0.1) is 20.3 Å². The molecule has 2 fully saturated rings. The lowest BCUT2D eigenvalue weighted by Gasteiger charge is -2.25. The van der Waals surface area contributed by atoms with Gasteiger partial charge in [0.25, 0.3) is 0 Å². The van der Waals surface area contributed by atoms with Gasteiger partial charge in [-0.05, 0) is 73.7 Å². The molecule has 4 rings (SSSR count). The Labute approximate surface area is 182 Å². The molecular formula is C23H28ClFN2O3. The number of carbonyl (C=O) groups excluding carboxylic acids is 1. The number of hydrogen-bond acceptors (Lipinski definition) is 4. The fourth-order valence-corrected chi connectivity index (χ4v) is 4.53. The summed E-state index contributed by atoms with van der Waals surface area (Å²) >= 11 is 0. The molecule has 2 aliphatic rings. The zero-order valence-corrected chi connectivity index (χ0v) is 18.1. The number of hydrogen-bond donors (Lipinski definition) is 2. The molecule has 2 unspecified atom stereocenters. The monoisotopic (exact) mass is 434 g/mol. The summed E-state index contributed by atoms with van der Waals surface area (Å²) in [5, 5.41) is 6.54. The summed E-state index contributed by atoms with van der Waals surface area (Å²) in [5.74, 6) is 0.873. The van der Waals surface area contributed by atoms with E-state index in [2.05, 4.69) is 10.6 Å². The highest BCUT2D eigenvalue weighted by Crippen LogP contribution is 2.58. The summed E-state index contributed by atoms with van der Waals surface area (Å²) in [6, 6.07) is 11.3. The minimum atomic E-state index is -0.525. The Kier molecular flexibility index (Phi) is 6.88. The number of methoxy groups -OCH3 is 2. The van der Waals surface area contributed by atoms with E-state index >= 15 is 0 Å². The van der Waals surface area contributed by atoms with Crippen LogP contribution in [0.25, 0.3) is 0 Å². The van der Waals surface area contributed by atoms with Crippen LogP contribution < -0.4 is 20.1 Å². The van der Waals surface area contributed by atoms with Crippen molar-refractivity contribution in [2.24, 2.45) is 11.3 Å². The van der Waals surface area contributed by atoms with Crippen molar-refractivity contribution in [1.82, 2.24) is 10.6 Å². The molecule has 7 heteroatoms. The number of amides is 1. The van der Waals surface area contributed by atoms with Crippen LogP contribution >= 0.6 is 12.4 Å². The predicted molar refractivity (Wildman–Crippen MR) is 116 cm³/mol. The Bertz CT molecular complexity index is 902. The third-order valence-corrected chi connectivity index (χ3v) is 6.32. The molecule has 1 aliphatic heterocycles. The minimum Gasteiger partial charge on any atom is -0.497 e. The van der Waals surface area contributed by atoms with Crippen LogP contribution in [0.15, 0.2) is 42.5 Å². The van der Waals surface area contributed by atoms with Gasteiger partial charge in [-0.1, -0.05) is 12.1 Å². The van der Waals surface area contributed by atoms with E-state index in [4.69, 9.17) is 9.47 Å². The van der Waals surface area contributed by atoms with E-state index in [9.17, 15) is 9.18 Å². The van der Waals surface area contributed by atoms with Gasteiger partial charge in [-0.3, -0.25) is 4.79 Å². The number of rotatable bonds is 6. The first-order valence-electron chi connectivity index (χ1n) is 10.0. The van der Waals surface area contributed by atoms with E-state index < -0.39 is 6.04 Å². The molecule has 5 nitrogen and oxygen atoms in total. The maximum absolute atomic E-state index is 14.1. The third-order valence-electron chi connectivity index (χ3n) is 6.32. The maximum atomic E-state index is 14.1. The van der Waals surface area contributed by atoms with E-state index in [0.717, 1.165) is 37.9 Å². The molecule has 162 valence electrons. The fourth-order valence-electron chi connectivity index (χ4n) is 4.53. The molecule has 2 N–H and O–H groups in total. The highest BCUT2D eigenvalue weighted by molar-refractivity contribution is 5.85. The smallest absolute Gasteiger partial charge is 0.224 e. The number of nitrogens with one attached hydrogen (secondary N) is 2. The molecular weight excluding hydrogens is 407 g/mol. The Morgan fingerprint density at radius 1 is 1.17 bits per heavy atom. The summed E-state index contributed by atoms with van der Waals surface area (Å²) in [7, 11) is 3.15. The first-order chi connectivity index (χ1) is 14.1. The van der Waals surface area contributed by atoms with Crippen molar-refractivity contribution in [3.05, 3.63) is 59.4 Å². The van der Waals surface area contributed by atoms with Gasteiger partial charge in [-0.2, -0.15) is 0 Å². The van der Waals surface area contributed by atoms with Crippen LogP contribution in [0, 0.1) is 17.2 Å². The van der Waals surface area contributed by atoms with Crippen molar-refractivity contribution in [3.8, 4) is 11.5 Å². The van der Waals surface area contributed by atoms with Gasteiger partial charge in [-0.15, -0.1) is 12.4 Å². The number of ether oxygens (including phenoxy) is 2. The maximum Gasteiger partial charge on any atom is 0.224 e. The first-order valence-corrected chi connectivity index (χ1v) is 10.0. The second-order valence-electron chi connectivity index (χ2n) is 7.97. The standard InChI is InChI=1S/C23H27FN2O3.ClH/c1-28-17-5-3-4-15(12-17)21(18-13-16(24)6-7-20(18)29-2)26-22(27)19-14-23(19)8-10-25-11-9-23;/h3-7,12-13,19,21,25H,8-11,14H2,1-2H3,(H,26,27);1H.